The number of aliphatic hydroxyl groups excluding tert-OH is 1. The quantitative estimate of drug-likeness (QED) is 0.669. The van der Waals surface area contributed by atoms with Gasteiger partial charge in [-0.05, 0) is 78.2 Å². The van der Waals surface area contributed by atoms with Crippen molar-refractivity contribution in [2.24, 2.45) is 5.92 Å². The van der Waals surface area contributed by atoms with Gasteiger partial charge in [-0.3, -0.25) is 0 Å². The van der Waals surface area contributed by atoms with Gasteiger partial charge in [0.05, 0.1) is 4.47 Å². The highest BCUT2D eigenvalue weighted by Gasteiger charge is 2.28. The molecule has 0 heterocycles. The maximum atomic E-state index is 10.3. The SMILES string of the molecule is CC(C)(CC1Cc2ccccc2C1)NC[C@@H](O)COc1ccccc1Br. The van der Waals surface area contributed by atoms with Crippen molar-refractivity contribution >= 4 is 15.9 Å². The fourth-order valence-electron chi connectivity index (χ4n) is 3.79. The van der Waals surface area contributed by atoms with Crippen molar-refractivity contribution in [3.63, 3.8) is 0 Å². The Balaban J connectivity index is 1.42. The van der Waals surface area contributed by atoms with Gasteiger partial charge in [0.15, 0.2) is 0 Å². The number of rotatable bonds is 8. The summed E-state index contributed by atoms with van der Waals surface area (Å²) in [6.45, 7) is 5.24. The van der Waals surface area contributed by atoms with Crippen molar-refractivity contribution in [1.29, 1.82) is 0 Å². The molecule has 26 heavy (non-hydrogen) atoms. The molecular formula is C22H28BrNO2. The van der Waals surface area contributed by atoms with E-state index >= 15 is 0 Å². The fraction of sp³-hybridized carbons (Fsp3) is 0.455. The van der Waals surface area contributed by atoms with E-state index in [1.807, 2.05) is 24.3 Å². The molecule has 0 bridgehead atoms. The van der Waals surface area contributed by atoms with Gasteiger partial charge in [-0.2, -0.15) is 0 Å². The number of benzene rings is 2. The van der Waals surface area contributed by atoms with E-state index < -0.39 is 6.10 Å². The summed E-state index contributed by atoms with van der Waals surface area (Å²) in [6.07, 6.45) is 2.88. The molecule has 0 aromatic heterocycles. The molecule has 0 amide bonds. The molecule has 0 unspecified atom stereocenters. The summed E-state index contributed by atoms with van der Waals surface area (Å²) in [5.41, 5.74) is 2.98. The molecule has 3 rings (SSSR count). The second-order valence-corrected chi connectivity index (χ2v) is 8.76. The summed E-state index contributed by atoms with van der Waals surface area (Å²) in [4.78, 5) is 0. The van der Waals surface area contributed by atoms with E-state index in [-0.39, 0.29) is 12.1 Å². The molecule has 3 nitrogen and oxygen atoms in total. The Morgan fingerprint density at radius 1 is 1.12 bits per heavy atom. The standard InChI is InChI=1S/C22H28BrNO2/c1-22(2,13-16-11-17-7-3-4-8-18(17)12-16)24-14-19(25)15-26-21-10-6-5-9-20(21)23/h3-10,16,19,24-25H,11-15H2,1-2H3/t19-/m1/s1. The van der Waals surface area contributed by atoms with Gasteiger partial charge >= 0.3 is 0 Å². The first-order chi connectivity index (χ1) is 12.4. The van der Waals surface area contributed by atoms with E-state index in [4.69, 9.17) is 4.74 Å². The second kappa shape index (κ2) is 8.55. The second-order valence-electron chi connectivity index (χ2n) is 7.91. The van der Waals surface area contributed by atoms with Crippen LogP contribution in [0.25, 0.3) is 0 Å². The Morgan fingerprint density at radius 3 is 2.38 bits per heavy atom. The minimum atomic E-state index is -0.540. The van der Waals surface area contributed by atoms with Crippen LogP contribution < -0.4 is 10.1 Å². The van der Waals surface area contributed by atoms with Crippen LogP contribution in [-0.2, 0) is 12.8 Å². The number of hydrogen-bond acceptors (Lipinski definition) is 3. The van der Waals surface area contributed by atoms with Crippen molar-refractivity contribution in [3.05, 3.63) is 64.1 Å². The normalized spacial score (nSPS) is 15.7. The van der Waals surface area contributed by atoms with Gasteiger partial charge in [0.1, 0.15) is 18.5 Å². The van der Waals surface area contributed by atoms with E-state index in [1.54, 1.807) is 0 Å². The fourth-order valence-corrected chi connectivity index (χ4v) is 4.19. The van der Waals surface area contributed by atoms with Crippen LogP contribution in [0.15, 0.2) is 53.0 Å². The predicted molar refractivity (Wildman–Crippen MR) is 110 cm³/mol. The third kappa shape index (κ3) is 5.32. The third-order valence-electron chi connectivity index (χ3n) is 5.02. The van der Waals surface area contributed by atoms with Crippen molar-refractivity contribution in [2.45, 2.75) is 44.8 Å². The molecule has 0 spiro atoms. The first-order valence-corrected chi connectivity index (χ1v) is 10.1. The highest BCUT2D eigenvalue weighted by atomic mass is 79.9. The van der Waals surface area contributed by atoms with Gasteiger partial charge < -0.3 is 15.2 Å². The Hall–Kier alpha value is -1.36. The number of β-amino-alcohol motifs (C(OH)–C–C–N with tert-alkyl or cyclic N) is 1. The molecule has 2 N–H and O–H groups in total. The molecule has 2 aromatic rings. The Kier molecular flexibility index (Phi) is 6.38. The van der Waals surface area contributed by atoms with E-state index in [2.05, 4.69) is 59.4 Å². The van der Waals surface area contributed by atoms with Crippen LogP contribution in [0, 0.1) is 5.92 Å². The Bertz CT molecular complexity index is 707. The molecule has 1 aliphatic rings. The number of nitrogens with one attached hydrogen (secondary N) is 1. The van der Waals surface area contributed by atoms with Crippen molar-refractivity contribution in [1.82, 2.24) is 5.32 Å². The summed E-state index contributed by atoms with van der Waals surface area (Å²) < 4.78 is 6.61. The number of ether oxygens (including phenoxy) is 1. The van der Waals surface area contributed by atoms with Crippen LogP contribution in [0.2, 0.25) is 0 Å². The molecule has 0 aliphatic heterocycles. The number of para-hydroxylation sites is 1. The lowest BCUT2D eigenvalue weighted by Crippen LogP contribution is -2.46. The lowest BCUT2D eigenvalue weighted by molar-refractivity contribution is 0.0962. The summed E-state index contributed by atoms with van der Waals surface area (Å²) >= 11 is 3.46. The summed E-state index contributed by atoms with van der Waals surface area (Å²) in [7, 11) is 0. The Labute approximate surface area is 164 Å². The van der Waals surface area contributed by atoms with Crippen LogP contribution in [-0.4, -0.2) is 29.9 Å². The van der Waals surface area contributed by atoms with Crippen LogP contribution in [0.4, 0.5) is 0 Å². The maximum Gasteiger partial charge on any atom is 0.133 e. The smallest absolute Gasteiger partial charge is 0.133 e. The Morgan fingerprint density at radius 2 is 1.73 bits per heavy atom. The zero-order valence-electron chi connectivity index (χ0n) is 15.5. The minimum absolute atomic E-state index is 0.0129. The molecule has 140 valence electrons. The molecule has 0 fully saturated rings. The van der Waals surface area contributed by atoms with Gasteiger partial charge in [0, 0.05) is 12.1 Å². The van der Waals surface area contributed by atoms with E-state index in [0.29, 0.717) is 12.5 Å². The number of hydrogen-bond donors (Lipinski definition) is 2. The maximum absolute atomic E-state index is 10.3. The van der Waals surface area contributed by atoms with Crippen molar-refractivity contribution in [3.8, 4) is 5.75 Å². The average molecular weight is 418 g/mol. The van der Waals surface area contributed by atoms with Crippen molar-refractivity contribution < 1.29 is 9.84 Å². The van der Waals surface area contributed by atoms with Gasteiger partial charge in [-0.1, -0.05) is 36.4 Å². The van der Waals surface area contributed by atoms with Crippen LogP contribution in [0.3, 0.4) is 0 Å². The number of fused-ring (bicyclic) bond motifs is 1. The van der Waals surface area contributed by atoms with E-state index in [0.717, 1.165) is 29.5 Å². The molecule has 0 saturated heterocycles. The van der Waals surface area contributed by atoms with Crippen LogP contribution in [0.1, 0.15) is 31.4 Å². The number of aliphatic hydroxyl groups is 1. The topological polar surface area (TPSA) is 41.5 Å². The zero-order chi connectivity index (χ0) is 18.6. The summed E-state index contributed by atoms with van der Waals surface area (Å²) in [6, 6.07) is 16.5. The summed E-state index contributed by atoms with van der Waals surface area (Å²) in [5, 5.41) is 13.8. The van der Waals surface area contributed by atoms with E-state index in [1.165, 1.54) is 11.1 Å². The lowest BCUT2D eigenvalue weighted by atomic mass is 9.88. The molecule has 2 aromatic carbocycles. The largest absolute Gasteiger partial charge is 0.490 e. The highest BCUT2D eigenvalue weighted by Crippen LogP contribution is 2.31. The van der Waals surface area contributed by atoms with Gasteiger partial charge in [-0.25, -0.2) is 0 Å². The van der Waals surface area contributed by atoms with Crippen LogP contribution in [0.5, 0.6) is 5.75 Å². The number of halogens is 1. The van der Waals surface area contributed by atoms with Gasteiger partial charge in [0.25, 0.3) is 0 Å². The highest BCUT2D eigenvalue weighted by molar-refractivity contribution is 9.10. The lowest BCUT2D eigenvalue weighted by Gasteiger charge is -2.30. The third-order valence-corrected chi connectivity index (χ3v) is 5.67. The molecule has 0 saturated carbocycles. The average Bonchev–Trinajstić information content (AvgIpc) is 3.00. The minimum Gasteiger partial charge on any atom is -0.490 e. The molecule has 0 radical (unpaired) electrons. The molecular weight excluding hydrogens is 390 g/mol. The van der Waals surface area contributed by atoms with Crippen LogP contribution >= 0.6 is 15.9 Å². The molecule has 1 aliphatic carbocycles. The monoisotopic (exact) mass is 417 g/mol. The zero-order valence-corrected chi connectivity index (χ0v) is 17.1. The summed E-state index contributed by atoms with van der Waals surface area (Å²) in [5.74, 6) is 1.43. The van der Waals surface area contributed by atoms with E-state index in [9.17, 15) is 5.11 Å². The van der Waals surface area contributed by atoms with Crippen molar-refractivity contribution in [2.75, 3.05) is 13.2 Å². The first kappa shape index (κ1) is 19.4. The molecule has 4 heteroatoms. The van der Waals surface area contributed by atoms with Gasteiger partial charge in [-0.15, -0.1) is 0 Å². The predicted octanol–water partition coefficient (Wildman–Crippen LogP) is 4.36. The first-order valence-electron chi connectivity index (χ1n) is 9.30. The van der Waals surface area contributed by atoms with Gasteiger partial charge in [0.2, 0.25) is 0 Å². The molecule has 1 atom stereocenters.